The van der Waals surface area contributed by atoms with E-state index in [1.54, 1.807) is 22.0 Å². The highest BCUT2D eigenvalue weighted by atomic mass is 32.2. The van der Waals surface area contributed by atoms with Gasteiger partial charge in [0.2, 0.25) is 5.91 Å². The highest BCUT2D eigenvalue weighted by Gasteiger charge is 2.28. The number of ether oxygens (including phenoxy) is 1. The van der Waals surface area contributed by atoms with Crippen molar-refractivity contribution in [3.63, 3.8) is 0 Å². The second-order valence-electron chi connectivity index (χ2n) is 7.07. The summed E-state index contributed by atoms with van der Waals surface area (Å²) in [5, 5.41) is 12.3. The van der Waals surface area contributed by atoms with Crippen LogP contribution in [0, 0.1) is 6.92 Å². The molecule has 0 radical (unpaired) electrons. The molecule has 3 amide bonds. The molecule has 12 heteroatoms. The molecule has 0 unspecified atom stereocenters. The Morgan fingerprint density at radius 1 is 1.12 bits per heavy atom. The molecule has 180 valence electrons. The number of imide groups is 1. The molecule has 0 bridgehead atoms. The number of amides is 3. The predicted octanol–water partition coefficient (Wildman–Crippen LogP) is 4.12. The van der Waals surface area contributed by atoms with E-state index in [2.05, 4.69) is 10.2 Å². The summed E-state index contributed by atoms with van der Waals surface area (Å²) in [6.07, 6.45) is -4.57. The Labute approximate surface area is 197 Å². The van der Waals surface area contributed by atoms with E-state index in [-0.39, 0.29) is 5.75 Å². The second-order valence-corrected chi connectivity index (χ2v) is 8.02. The van der Waals surface area contributed by atoms with Crippen molar-refractivity contribution in [3.8, 4) is 22.8 Å². The topological polar surface area (TPSA) is 98.1 Å². The van der Waals surface area contributed by atoms with Gasteiger partial charge in [-0.2, -0.15) is 13.2 Å². The van der Waals surface area contributed by atoms with E-state index < -0.39 is 24.7 Å². The van der Waals surface area contributed by atoms with Gasteiger partial charge in [0.05, 0.1) is 12.4 Å². The molecule has 0 aliphatic rings. The SMILES string of the molecule is CCOc1ccc(-n2c(SCC(=O)NC(=O)NCC(F)(F)F)nnc2-c2cccc(C)c2)cc1. The Kier molecular flexibility index (Phi) is 8.16. The van der Waals surface area contributed by atoms with Gasteiger partial charge in [0.1, 0.15) is 12.3 Å². The third-order valence-corrected chi connectivity index (χ3v) is 5.28. The Hall–Kier alpha value is -3.54. The van der Waals surface area contributed by atoms with Gasteiger partial charge in [-0.05, 0) is 44.2 Å². The third kappa shape index (κ3) is 6.98. The van der Waals surface area contributed by atoms with Gasteiger partial charge >= 0.3 is 12.2 Å². The van der Waals surface area contributed by atoms with Gasteiger partial charge in [-0.1, -0.05) is 35.5 Å². The summed E-state index contributed by atoms with van der Waals surface area (Å²) in [5.74, 6) is 0.194. The summed E-state index contributed by atoms with van der Waals surface area (Å²) in [4.78, 5) is 23.6. The van der Waals surface area contributed by atoms with Crippen molar-refractivity contribution in [1.29, 1.82) is 0 Å². The molecule has 3 aromatic rings. The normalized spacial score (nSPS) is 11.2. The molecule has 2 aromatic carbocycles. The number of carbonyl (C=O) groups is 2. The monoisotopic (exact) mass is 493 g/mol. The van der Waals surface area contributed by atoms with Crippen LogP contribution >= 0.6 is 11.8 Å². The molecule has 0 fully saturated rings. The number of halogens is 3. The Morgan fingerprint density at radius 3 is 2.50 bits per heavy atom. The number of nitrogens with zero attached hydrogens (tertiary/aromatic N) is 3. The first-order valence-electron chi connectivity index (χ1n) is 10.2. The van der Waals surface area contributed by atoms with Crippen molar-refractivity contribution in [3.05, 3.63) is 54.1 Å². The van der Waals surface area contributed by atoms with E-state index in [0.717, 1.165) is 28.6 Å². The first kappa shape index (κ1) is 25.1. The second kappa shape index (κ2) is 11.1. The van der Waals surface area contributed by atoms with Crippen LogP contribution in [-0.4, -0.2) is 51.8 Å². The zero-order valence-corrected chi connectivity index (χ0v) is 19.2. The molecule has 2 N–H and O–H groups in total. The molecular weight excluding hydrogens is 471 g/mol. The summed E-state index contributed by atoms with van der Waals surface area (Å²) >= 11 is 0.994. The molecule has 1 aromatic heterocycles. The van der Waals surface area contributed by atoms with Crippen LogP contribution in [0.1, 0.15) is 12.5 Å². The number of nitrogens with one attached hydrogen (secondary N) is 2. The lowest BCUT2D eigenvalue weighted by Gasteiger charge is -2.12. The molecule has 0 spiro atoms. The number of urea groups is 1. The van der Waals surface area contributed by atoms with Gasteiger partial charge in [0.25, 0.3) is 0 Å². The van der Waals surface area contributed by atoms with Crippen LogP contribution in [0.3, 0.4) is 0 Å². The summed E-state index contributed by atoms with van der Waals surface area (Å²) < 4.78 is 43.9. The van der Waals surface area contributed by atoms with Crippen LogP contribution in [0.5, 0.6) is 5.75 Å². The van der Waals surface area contributed by atoms with Crippen molar-refractivity contribution in [1.82, 2.24) is 25.4 Å². The zero-order valence-electron chi connectivity index (χ0n) is 18.3. The quantitative estimate of drug-likeness (QED) is 0.458. The number of benzene rings is 2. The van der Waals surface area contributed by atoms with E-state index >= 15 is 0 Å². The maximum atomic E-state index is 12.2. The molecule has 0 aliphatic carbocycles. The lowest BCUT2D eigenvalue weighted by Crippen LogP contribution is -2.43. The Bertz CT molecular complexity index is 1150. The van der Waals surface area contributed by atoms with Crippen LogP contribution in [0.2, 0.25) is 0 Å². The van der Waals surface area contributed by atoms with Crippen molar-refractivity contribution in [2.75, 3.05) is 18.9 Å². The van der Waals surface area contributed by atoms with Gasteiger partial charge in [-0.15, -0.1) is 10.2 Å². The van der Waals surface area contributed by atoms with Crippen LogP contribution < -0.4 is 15.4 Å². The highest BCUT2D eigenvalue weighted by molar-refractivity contribution is 7.99. The number of aryl methyl sites for hydroxylation is 1. The zero-order chi connectivity index (χ0) is 24.7. The van der Waals surface area contributed by atoms with Crippen LogP contribution in [0.15, 0.2) is 53.7 Å². The summed E-state index contributed by atoms with van der Waals surface area (Å²) in [5.41, 5.74) is 2.55. The maximum Gasteiger partial charge on any atom is 0.405 e. The minimum absolute atomic E-state index is 0.261. The van der Waals surface area contributed by atoms with Crippen LogP contribution in [0.4, 0.5) is 18.0 Å². The minimum atomic E-state index is -4.57. The first-order valence-corrected chi connectivity index (χ1v) is 11.2. The van der Waals surface area contributed by atoms with Crippen molar-refractivity contribution in [2.24, 2.45) is 0 Å². The standard InChI is InChI=1S/C22H22F3N5O3S/c1-3-33-17-9-7-16(8-10-17)30-19(15-6-4-5-14(2)11-15)28-29-21(30)34-12-18(31)27-20(32)26-13-22(23,24)25/h4-11H,3,12-13H2,1-2H3,(H2,26,27,31,32). The van der Waals surface area contributed by atoms with Gasteiger partial charge < -0.3 is 10.1 Å². The summed E-state index contributed by atoms with van der Waals surface area (Å²) in [7, 11) is 0. The van der Waals surface area contributed by atoms with E-state index in [1.165, 1.54) is 0 Å². The molecule has 1 heterocycles. The van der Waals surface area contributed by atoms with E-state index in [9.17, 15) is 22.8 Å². The van der Waals surface area contributed by atoms with E-state index in [1.807, 2.05) is 55.6 Å². The van der Waals surface area contributed by atoms with E-state index in [4.69, 9.17) is 4.74 Å². The van der Waals surface area contributed by atoms with Gasteiger partial charge in [0, 0.05) is 11.3 Å². The number of alkyl halides is 3. The largest absolute Gasteiger partial charge is 0.494 e. The number of aromatic nitrogens is 3. The first-order chi connectivity index (χ1) is 16.2. The molecule has 8 nitrogen and oxygen atoms in total. The molecule has 0 saturated carbocycles. The fourth-order valence-electron chi connectivity index (χ4n) is 2.94. The Morgan fingerprint density at radius 2 is 1.85 bits per heavy atom. The number of thioether (sulfide) groups is 1. The number of hydrogen-bond donors (Lipinski definition) is 2. The number of hydrogen-bond acceptors (Lipinski definition) is 6. The average molecular weight is 494 g/mol. The highest BCUT2D eigenvalue weighted by Crippen LogP contribution is 2.29. The molecule has 0 saturated heterocycles. The number of carbonyl (C=O) groups excluding carboxylic acids is 2. The Balaban J connectivity index is 1.80. The summed E-state index contributed by atoms with van der Waals surface area (Å²) in [6.45, 7) is 2.82. The van der Waals surface area contributed by atoms with Gasteiger partial charge in [0.15, 0.2) is 11.0 Å². The fourth-order valence-corrected chi connectivity index (χ4v) is 3.69. The van der Waals surface area contributed by atoms with Gasteiger partial charge in [-0.25, -0.2) is 4.79 Å². The van der Waals surface area contributed by atoms with Gasteiger partial charge in [-0.3, -0.25) is 14.7 Å². The lowest BCUT2D eigenvalue weighted by molar-refractivity contribution is -0.124. The molecule has 0 atom stereocenters. The van der Waals surface area contributed by atoms with Crippen LogP contribution in [-0.2, 0) is 4.79 Å². The molecular formula is C22H22F3N5O3S. The summed E-state index contributed by atoms with van der Waals surface area (Å²) in [6, 6.07) is 13.7. The molecule has 0 aliphatic heterocycles. The van der Waals surface area contributed by atoms with Crippen molar-refractivity contribution < 1.29 is 27.5 Å². The molecule has 3 rings (SSSR count). The van der Waals surface area contributed by atoms with Crippen molar-refractivity contribution >= 4 is 23.7 Å². The maximum absolute atomic E-state index is 12.2. The predicted molar refractivity (Wildman–Crippen MR) is 121 cm³/mol. The average Bonchev–Trinajstić information content (AvgIpc) is 3.21. The van der Waals surface area contributed by atoms with Crippen LogP contribution in [0.25, 0.3) is 17.1 Å². The van der Waals surface area contributed by atoms with E-state index in [0.29, 0.717) is 23.3 Å². The molecule has 34 heavy (non-hydrogen) atoms. The smallest absolute Gasteiger partial charge is 0.405 e. The lowest BCUT2D eigenvalue weighted by atomic mass is 10.1. The third-order valence-electron chi connectivity index (χ3n) is 4.35. The number of rotatable bonds is 8. The minimum Gasteiger partial charge on any atom is -0.494 e. The fraction of sp³-hybridized carbons (Fsp3) is 0.273. The van der Waals surface area contributed by atoms with Crippen molar-refractivity contribution in [2.45, 2.75) is 25.2 Å².